The van der Waals surface area contributed by atoms with Gasteiger partial charge in [-0.05, 0) is 54.3 Å². The predicted molar refractivity (Wildman–Crippen MR) is 93.8 cm³/mol. The number of anilines is 2. The number of benzene rings is 2. The van der Waals surface area contributed by atoms with Crippen molar-refractivity contribution < 1.29 is 9.59 Å². The summed E-state index contributed by atoms with van der Waals surface area (Å²) < 4.78 is 0. The van der Waals surface area contributed by atoms with Crippen molar-refractivity contribution in [2.75, 3.05) is 10.6 Å². The normalized spacial score (nSPS) is 11.6. The van der Waals surface area contributed by atoms with Crippen LogP contribution in [0.4, 0.5) is 11.4 Å². The average molecular weight is 310 g/mol. The minimum absolute atomic E-state index is 0.136. The molecule has 0 bridgehead atoms. The molecule has 1 atom stereocenters. The highest BCUT2D eigenvalue weighted by molar-refractivity contribution is 6.04. The van der Waals surface area contributed by atoms with Gasteiger partial charge in [-0.1, -0.05) is 26.0 Å². The summed E-state index contributed by atoms with van der Waals surface area (Å²) in [6.07, 6.45) is 1.09. The monoisotopic (exact) mass is 310 g/mol. The SMILES string of the molecule is CC[C@@H](C)c1ccc(NC(=O)c2ccc(NC(C)=O)cc2)cc1. The number of hydrogen-bond acceptors (Lipinski definition) is 2. The molecule has 0 radical (unpaired) electrons. The molecule has 0 unspecified atom stereocenters. The van der Waals surface area contributed by atoms with E-state index in [1.54, 1.807) is 24.3 Å². The van der Waals surface area contributed by atoms with E-state index >= 15 is 0 Å². The van der Waals surface area contributed by atoms with Crippen molar-refractivity contribution in [1.82, 2.24) is 0 Å². The maximum Gasteiger partial charge on any atom is 0.255 e. The van der Waals surface area contributed by atoms with Gasteiger partial charge in [0.2, 0.25) is 5.91 Å². The smallest absolute Gasteiger partial charge is 0.255 e. The van der Waals surface area contributed by atoms with Crippen LogP contribution in [0, 0.1) is 0 Å². The van der Waals surface area contributed by atoms with E-state index in [1.807, 2.05) is 24.3 Å². The molecule has 0 saturated carbocycles. The van der Waals surface area contributed by atoms with Crippen molar-refractivity contribution in [2.45, 2.75) is 33.1 Å². The second-order valence-corrected chi connectivity index (χ2v) is 5.64. The first-order chi connectivity index (χ1) is 11.0. The van der Waals surface area contributed by atoms with Crippen LogP contribution >= 0.6 is 0 Å². The van der Waals surface area contributed by atoms with Gasteiger partial charge in [0.15, 0.2) is 0 Å². The molecular weight excluding hydrogens is 288 g/mol. The molecule has 4 heteroatoms. The van der Waals surface area contributed by atoms with E-state index in [0.29, 0.717) is 17.2 Å². The first-order valence-electron chi connectivity index (χ1n) is 7.78. The molecule has 2 amide bonds. The van der Waals surface area contributed by atoms with Gasteiger partial charge in [-0.15, -0.1) is 0 Å². The highest BCUT2D eigenvalue weighted by Gasteiger charge is 2.07. The highest BCUT2D eigenvalue weighted by atomic mass is 16.2. The van der Waals surface area contributed by atoms with E-state index in [1.165, 1.54) is 12.5 Å². The van der Waals surface area contributed by atoms with Gasteiger partial charge in [-0.3, -0.25) is 9.59 Å². The third-order valence-corrected chi connectivity index (χ3v) is 3.82. The molecule has 0 aliphatic heterocycles. The summed E-state index contributed by atoms with van der Waals surface area (Å²) in [5, 5.41) is 5.55. The van der Waals surface area contributed by atoms with E-state index in [0.717, 1.165) is 12.1 Å². The second kappa shape index (κ2) is 7.58. The van der Waals surface area contributed by atoms with Crippen molar-refractivity contribution in [2.24, 2.45) is 0 Å². The number of hydrogen-bond donors (Lipinski definition) is 2. The minimum Gasteiger partial charge on any atom is -0.326 e. The van der Waals surface area contributed by atoms with Crippen LogP contribution in [0.1, 0.15) is 49.0 Å². The van der Waals surface area contributed by atoms with Gasteiger partial charge in [-0.25, -0.2) is 0 Å². The predicted octanol–water partition coefficient (Wildman–Crippen LogP) is 4.41. The summed E-state index contributed by atoms with van der Waals surface area (Å²) >= 11 is 0. The largest absolute Gasteiger partial charge is 0.326 e. The zero-order chi connectivity index (χ0) is 16.8. The van der Waals surface area contributed by atoms with Crippen molar-refractivity contribution in [1.29, 1.82) is 0 Å². The van der Waals surface area contributed by atoms with E-state index in [4.69, 9.17) is 0 Å². The lowest BCUT2D eigenvalue weighted by molar-refractivity contribution is -0.114. The molecular formula is C19H22N2O2. The molecule has 2 aromatic rings. The minimum atomic E-state index is -0.171. The van der Waals surface area contributed by atoms with Crippen molar-refractivity contribution in [3.05, 3.63) is 59.7 Å². The average Bonchev–Trinajstić information content (AvgIpc) is 2.55. The van der Waals surface area contributed by atoms with Crippen molar-refractivity contribution >= 4 is 23.2 Å². The Kier molecular flexibility index (Phi) is 5.52. The number of amides is 2. The van der Waals surface area contributed by atoms with E-state index in [-0.39, 0.29) is 11.8 Å². The zero-order valence-corrected chi connectivity index (χ0v) is 13.7. The Hall–Kier alpha value is -2.62. The van der Waals surface area contributed by atoms with E-state index in [9.17, 15) is 9.59 Å². The number of carbonyl (C=O) groups excluding carboxylic acids is 2. The fraction of sp³-hybridized carbons (Fsp3) is 0.263. The first-order valence-corrected chi connectivity index (χ1v) is 7.78. The molecule has 2 N–H and O–H groups in total. The van der Waals surface area contributed by atoms with E-state index < -0.39 is 0 Å². The molecule has 0 aliphatic carbocycles. The molecule has 0 fully saturated rings. The Bertz CT molecular complexity index is 676. The third-order valence-electron chi connectivity index (χ3n) is 3.82. The van der Waals surface area contributed by atoms with Gasteiger partial charge in [0.1, 0.15) is 0 Å². The van der Waals surface area contributed by atoms with Crippen molar-refractivity contribution in [3.8, 4) is 0 Å². The topological polar surface area (TPSA) is 58.2 Å². The Balaban J connectivity index is 2.02. The maximum atomic E-state index is 12.2. The summed E-state index contributed by atoms with van der Waals surface area (Å²) in [5.41, 5.74) is 3.26. The summed E-state index contributed by atoms with van der Waals surface area (Å²) in [5.74, 6) is 0.209. The van der Waals surface area contributed by atoms with Crippen LogP contribution in [0.3, 0.4) is 0 Å². The fourth-order valence-electron chi connectivity index (χ4n) is 2.24. The second-order valence-electron chi connectivity index (χ2n) is 5.64. The van der Waals surface area contributed by atoms with Crippen molar-refractivity contribution in [3.63, 3.8) is 0 Å². The van der Waals surface area contributed by atoms with Crippen LogP contribution in [0.2, 0.25) is 0 Å². The van der Waals surface area contributed by atoms with Gasteiger partial charge < -0.3 is 10.6 Å². The summed E-state index contributed by atoms with van der Waals surface area (Å²) in [6, 6.07) is 14.7. The first kappa shape index (κ1) is 16.7. The van der Waals surface area contributed by atoms with Crippen LogP contribution in [0.5, 0.6) is 0 Å². The molecule has 2 rings (SSSR count). The summed E-state index contributed by atoms with van der Waals surface area (Å²) in [6.45, 7) is 5.79. The van der Waals surface area contributed by atoms with Crippen LogP contribution in [-0.2, 0) is 4.79 Å². The summed E-state index contributed by atoms with van der Waals surface area (Å²) in [7, 11) is 0. The van der Waals surface area contributed by atoms with Gasteiger partial charge >= 0.3 is 0 Å². The van der Waals surface area contributed by atoms with Gasteiger partial charge in [0.25, 0.3) is 5.91 Å². The van der Waals surface area contributed by atoms with Crippen LogP contribution in [0.25, 0.3) is 0 Å². The Morgan fingerprint density at radius 1 is 0.913 bits per heavy atom. The number of nitrogens with one attached hydrogen (secondary N) is 2. The molecule has 0 spiro atoms. The van der Waals surface area contributed by atoms with Crippen LogP contribution in [0.15, 0.2) is 48.5 Å². The molecule has 0 heterocycles. The number of rotatable bonds is 5. The molecule has 0 saturated heterocycles. The molecule has 2 aromatic carbocycles. The molecule has 0 aliphatic rings. The van der Waals surface area contributed by atoms with E-state index in [2.05, 4.69) is 24.5 Å². The lowest BCUT2D eigenvalue weighted by Crippen LogP contribution is -2.12. The van der Waals surface area contributed by atoms with Crippen LogP contribution < -0.4 is 10.6 Å². The Labute approximate surface area is 136 Å². The molecule has 4 nitrogen and oxygen atoms in total. The number of carbonyl (C=O) groups is 2. The molecule has 0 aromatic heterocycles. The Morgan fingerprint density at radius 3 is 1.96 bits per heavy atom. The quantitative estimate of drug-likeness (QED) is 0.859. The highest BCUT2D eigenvalue weighted by Crippen LogP contribution is 2.21. The maximum absolute atomic E-state index is 12.2. The van der Waals surface area contributed by atoms with Gasteiger partial charge in [0, 0.05) is 23.9 Å². The standard InChI is InChI=1S/C19H22N2O2/c1-4-13(2)15-5-9-18(10-6-15)21-19(23)16-7-11-17(12-8-16)20-14(3)22/h5-13H,4H2,1-3H3,(H,20,22)(H,21,23)/t13-/m1/s1. The summed E-state index contributed by atoms with van der Waals surface area (Å²) in [4.78, 5) is 23.2. The lowest BCUT2D eigenvalue weighted by atomic mass is 9.98. The molecule has 23 heavy (non-hydrogen) atoms. The fourth-order valence-corrected chi connectivity index (χ4v) is 2.24. The van der Waals surface area contributed by atoms with Crippen LogP contribution in [-0.4, -0.2) is 11.8 Å². The molecule has 120 valence electrons. The van der Waals surface area contributed by atoms with Gasteiger partial charge in [0.05, 0.1) is 0 Å². The lowest BCUT2D eigenvalue weighted by Gasteiger charge is -2.11. The third kappa shape index (κ3) is 4.68. The van der Waals surface area contributed by atoms with Gasteiger partial charge in [-0.2, -0.15) is 0 Å². The zero-order valence-electron chi connectivity index (χ0n) is 13.7. The Morgan fingerprint density at radius 2 is 1.43 bits per heavy atom.